The second kappa shape index (κ2) is 4.45. The molecule has 0 amide bonds. The summed E-state index contributed by atoms with van der Waals surface area (Å²) in [6, 6.07) is 0. The highest BCUT2D eigenvalue weighted by Crippen LogP contribution is 2.33. The van der Waals surface area contributed by atoms with Crippen LogP contribution < -0.4 is 0 Å². The Morgan fingerprint density at radius 3 is 2.57 bits per heavy atom. The van der Waals surface area contributed by atoms with Crippen LogP contribution in [0.25, 0.3) is 0 Å². The molecule has 0 bridgehead atoms. The van der Waals surface area contributed by atoms with Crippen molar-refractivity contribution < 1.29 is 12.6 Å². The van der Waals surface area contributed by atoms with Crippen molar-refractivity contribution in [1.82, 2.24) is 0 Å². The Morgan fingerprint density at radius 1 is 1.43 bits per heavy atom. The zero-order chi connectivity index (χ0) is 10.8. The van der Waals surface area contributed by atoms with Crippen LogP contribution in [-0.4, -0.2) is 20.8 Å². The molecular formula is C10H18O3S. The molecule has 1 saturated carbocycles. The van der Waals surface area contributed by atoms with Crippen molar-refractivity contribution in [1.29, 1.82) is 0 Å². The van der Waals surface area contributed by atoms with E-state index in [9.17, 15) is 8.42 Å². The van der Waals surface area contributed by atoms with Gasteiger partial charge in [0.25, 0.3) is 10.1 Å². The van der Waals surface area contributed by atoms with E-state index in [2.05, 4.69) is 6.58 Å². The lowest BCUT2D eigenvalue weighted by Gasteiger charge is -2.33. The first-order chi connectivity index (χ1) is 6.44. The maximum absolute atomic E-state index is 11.0. The van der Waals surface area contributed by atoms with Gasteiger partial charge in [-0.1, -0.05) is 19.4 Å². The Kier molecular flexibility index (Phi) is 3.72. The molecule has 0 unspecified atom stereocenters. The monoisotopic (exact) mass is 218 g/mol. The van der Waals surface area contributed by atoms with Crippen LogP contribution in [0, 0.1) is 11.8 Å². The van der Waals surface area contributed by atoms with Crippen molar-refractivity contribution in [3.63, 3.8) is 0 Å². The zero-order valence-electron chi connectivity index (χ0n) is 8.77. The van der Waals surface area contributed by atoms with Gasteiger partial charge in [-0.25, -0.2) is 0 Å². The molecule has 4 heteroatoms. The summed E-state index contributed by atoms with van der Waals surface area (Å²) in [6.45, 7) is 5.79. The summed E-state index contributed by atoms with van der Waals surface area (Å²) in [5.41, 5.74) is 0. The van der Waals surface area contributed by atoms with Gasteiger partial charge in [0.05, 0.1) is 12.4 Å². The minimum atomic E-state index is -3.32. The molecule has 14 heavy (non-hydrogen) atoms. The van der Waals surface area contributed by atoms with Gasteiger partial charge in [0.2, 0.25) is 0 Å². The Morgan fingerprint density at radius 2 is 2.07 bits per heavy atom. The second-order valence-corrected chi connectivity index (χ2v) is 5.63. The second-order valence-electron chi connectivity index (χ2n) is 4.03. The van der Waals surface area contributed by atoms with E-state index in [-0.39, 0.29) is 12.0 Å². The Bertz CT molecular complexity index is 294. The molecule has 0 aromatic rings. The molecule has 1 aliphatic rings. The number of hydrogen-bond donors (Lipinski definition) is 0. The highest BCUT2D eigenvalue weighted by molar-refractivity contribution is 7.86. The minimum Gasteiger partial charge on any atom is -0.267 e. The first-order valence-electron chi connectivity index (χ1n) is 4.95. The molecule has 0 N–H and O–H groups in total. The first kappa shape index (κ1) is 11.7. The van der Waals surface area contributed by atoms with Crippen LogP contribution in [0.5, 0.6) is 0 Å². The molecule has 82 valence electrons. The number of rotatable bonds is 3. The third-order valence-electron chi connectivity index (χ3n) is 2.89. The average Bonchev–Trinajstić information content (AvgIpc) is 2.06. The molecule has 0 heterocycles. The van der Waals surface area contributed by atoms with Crippen LogP contribution in [0.15, 0.2) is 12.7 Å². The van der Waals surface area contributed by atoms with E-state index in [1.54, 1.807) is 0 Å². The summed E-state index contributed by atoms with van der Waals surface area (Å²) in [5, 5.41) is 0. The van der Waals surface area contributed by atoms with Crippen molar-refractivity contribution in [3.8, 4) is 0 Å². The van der Waals surface area contributed by atoms with Crippen molar-refractivity contribution in [2.45, 2.75) is 32.3 Å². The molecular weight excluding hydrogens is 200 g/mol. The summed E-state index contributed by atoms with van der Waals surface area (Å²) in [6.07, 6.45) is 5.79. The van der Waals surface area contributed by atoms with Gasteiger partial charge in [-0.15, -0.1) is 6.58 Å². The fraction of sp³-hybridized carbons (Fsp3) is 0.800. The van der Waals surface area contributed by atoms with E-state index in [1.165, 1.54) is 0 Å². The molecule has 0 aromatic carbocycles. The zero-order valence-corrected chi connectivity index (χ0v) is 9.59. The molecule has 0 aliphatic heterocycles. The maximum atomic E-state index is 11.0. The van der Waals surface area contributed by atoms with Gasteiger partial charge < -0.3 is 0 Å². The predicted octanol–water partition coefficient (Wildman–Crippen LogP) is 1.95. The van der Waals surface area contributed by atoms with Crippen LogP contribution in [0.2, 0.25) is 0 Å². The van der Waals surface area contributed by atoms with Gasteiger partial charge in [0.1, 0.15) is 0 Å². The summed E-state index contributed by atoms with van der Waals surface area (Å²) in [7, 11) is -3.32. The first-order valence-corrected chi connectivity index (χ1v) is 6.76. The summed E-state index contributed by atoms with van der Waals surface area (Å²) < 4.78 is 27.0. The van der Waals surface area contributed by atoms with Crippen molar-refractivity contribution >= 4 is 10.1 Å². The maximum Gasteiger partial charge on any atom is 0.264 e. The van der Waals surface area contributed by atoms with Crippen molar-refractivity contribution in [2.24, 2.45) is 11.8 Å². The lowest BCUT2D eigenvalue weighted by molar-refractivity contribution is 0.0854. The predicted molar refractivity (Wildman–Crippen MR) is 56.4 cm³/mol. The number of hydrogen-bond acceptors (Lipinski definition) is 3. The van der Waals surface area contributed by atoms with E-state index >= 15 is 0 Å². The van der Waals surface area contributed by atoms with E-state index in [0.29, 0.717) is 5.92 Å². The quantitative estimate of drug-likeness (QED) is 0.537. The van der Waals surface area contributed by atoms with E-state index < -0.39 is 10.1 Å². The Hall–Kier alpha value is -0.350. The van der Waals surface area contributed by atoms with Gasteiger partial charge in [0, 0.05) is 0 Å². The molecule has 1 fully saturated rings. The molecule has 3 atom stereocenters. The molecule has 1 aliphatic carbocycles. The summed E-state index contributed by atoms with van der Waals surface area (Å²) in [4.78, 5) is 0. The van der Waals surface area contributed by atoms with Crippen LogP contribution >= 0.6 is 0 Å². The highest BCUT2D eigenvalue weighted by Gasteiger charge is 2.30. The fourth-order valence-corrected chi connectivity index (χ4v) is 2.77. The van der Waals surface area contributed by atoms with E-state index in [1.807, 2.05) is 13.0 Å². The molecule has 0 radical (unpaired) electrons. The van der Waals surface area contributed by atoms with Crippen LogP contribution in [0.1, 0.15) is 26.2 Å². The van der Waals surface area contributed by atoms with Gasteiger partial charge in [0.15, 0.2) is 0 Å². The standard InChI is InChI=1S/C10H18O3S/c1-4-9-6-5-7-10(8(9)2)13-14(3,11)12/h4,8-10H,1,5-7H2,2-3H3/t8-,9+,10+/m1/s1. The van der Waals surface area contributed by atoms with Crippen LogP contribution in [0.3, 0.4) is 0 Å². The lowest BCUT2D eigenvalue weighted by atomic mass is 9.78. The van der Waals surface area contributed by atoms with Crippen LogP contribution in [-0.2, 0) is 14.3 Å². The van der Waals surface area contributed by atoms with E-state index in [4.69, 9.17) is 4.18 Å². The van der Waals surface area contributed by atoms with Gasteiger partial charge >= 0.3 is 0 Å². The average molecular weight is 218 g/mol. The van der Waals surface area contributed by atoms with Crippen molar-refractivity contribution in [3.05, 3.63) is 12.7 Å². The number of allylic oxidation sites excluding steroid dienone is 1. The summed E-state index contributed by atoms with van der Waals surface area (Å²) in [5.74, 6) is 0.631. The highest BCUT2D eigenvalue weighted by atomic mass is 32.2. The Balaban J connectivity index is 2.65. The SMILES string of the molecule is C=C[C@H]1CCC[C@H](OS(C)(=O)=O)[C@@H]1C. The third kappa shape index (κ3) is 3.10. The van der Waals surface area contributed by atoms with Crippen LogP contribution in [0.4, 0.5) is 0 Å². The van der Waals surface area contributed by atoms with Crippen molar-refractivity contribution in [2.75, 3.05) is 6.26 Å². The van der Waals surface area contributed by atoms with Gasteiger partial charge in [-0.2, -0.15) is 8.42 Å². The lowest BCUT2D eigenvalue weighted by Crippen LogP contribution is -2.33. The van der Waals surface area contributed by atoms with Gasteiger partial charge in [-0.05, 0) is 24.7 Å². The fourth-order valence-electron chi connectivity index (χ4n) is 2.05. The third-order valence-corrected chi connectivity index (χ3v) is 3.49. The molecule has 0 saturated heterocycles. The normalized spacial score (nSPS) is 34.0. The van der Waals surface area contributed by atoms with Gasteiger partial charge in [-0.3, -0.25) is 4.18 Å². The molecule has 1 rings (SSSR count). The molecule has 0 spiro atoms. The topological polar surface area (TPSA) is 43.4 Å². The smallest absolute Gasteiger partial charge is 0.264 e. The largest absolute Gasteiger partial charge is 0.267 e. The minimum absolute atomic E-state index is 0.165. The molecule has 0 aromatic heterocycles. The Labute approximate surface area is 86.3 Å². The summed E-state index contributed by atoms with van der Waals surface area (Å²) >= 11 is 0. The van der Waals surface area contributed by atoms with E-state index in [0.717, 1.165) is 25.5 Å². The molecule has 3 nitrogen and oxygen atoms in total.